The molecule has 3 heteroatoms. The van der Waals surface area contributed by atoms with Crippen molar-refractivity contribution in [3.05, 3.63) is 40.0 Å². The van der Waals surface area contributed by atoms with Crippen molar-refractivity contribution in [2.24, 2.45) is 0 Å². The van der Waals surface area contributed by atoms with Crippen LogP contribution in [0.15, 0.2) is 24.3 Å². The summed E-state index contributed by atoms with van der Waals surface area (Å²) in [5.74, 6) is 0. The molecule has 2 aromatic rings. The van der Waals surface area contributed by atoms with Crippen molar-refractivity contribution in [1.82, 2.24) is 4.98 Å². The molecule has 0 aliphatic rings. The maximum absolute atomic E-state index is 6.07. The molecule has 0 fully saturated rings. The maximum atomic E-state index is 6.07. The lowest BCUT2D eigenvalue weighted by Crippen LogP contribution is -1.85. The summed E-state index contributed by atoms with van der Waals surface area (Å²) in [4.78, 5) is 4.19. The Hall–Kier alpha value is -0.790. The summed E-state index contributed by atoms with van der Waals surface area (Å²) in [6.45, 7) is 2.08. The van der Waals surface area contributed by atoms with Gasteiger partial charge in [0.2, 0.25) is 0 Å². The van der Waals surface area contributed by atoms with Crippen LogP contribution in [0.4, 0.5) is 0 Å². The number of hydrogen-bond acceptors (Lipinski definition) is 1. The molecule has 1 nitrogen and oxygen atoms in total. The Morgan fingerprint density at radius 1 is 1.21 bits per heavy atom. The van der Waals surface area contributed by atoms with Crippen molar-refractivity contribution >= 4 is 34.1 Å². The van der Waals surface area contributed by atoms with Gasteiger partial charge in [-0.25, -0.2) is 4.98 Å². The average molecular weight is 226 g/mol. The van der Waals surface area contributed by atoms with E-state index in [4.69, 9.17) is 23.2 Å². The number of nitrogens with zero attached hydrogens (tertiary/aromatic N) is 1. The van der Waals surface area contributed by atoms with Crippen LogP contribution < -0.4 is 0 Å². The third kappa shape index (κ3) is 1.70. The van der Waals surface area contributed by atoms with Gasteiger partial charge in [-0.1, -0.05) is 30.1 Å². The summed E-state index contributed by atoms with van der Waals surface area (Å²) in [6.07, 6.45) is 0.928. The van der Waals surface area contributed by atoms with E-state index in [1.54, 1.807) is 6.07 Å². The molecule has 0 unspecified atom stereocenters. The van der Waals surface area contributed by atoms with Gasteiger partial charge in [-0.3, -0.25) is 0 Å². The Morgan fingerprint density at radius 3 is 2.71 bits per heavy atom. The molecule has 2 rings (SSSR count). The van der Waals surface area contributed by atoms with E-state index in [1.807, 2.05) is 12.1 Å². The quantitative estimate of drug-likeness (QED) is 0.667. The van der Waals surface area contributed by atoms with E-state index >= 15 is 0 Å². The Bertz CT molecular complexity index is 480. The number of aryl methyl sites for hydroxylation is 1. The highest BCUT2D eigenvalue weighted by molar-refractivity contribution is 6.32. The lowest BCUT2D eigenvalue weighted by Gasteiger charge is -2.03. The fourth-order valence-electron chi connectivity index (χ4n) is 1.44. The lowest BCUT2D eigenvalue weighted by atomic mass is 10.1. The molecule has 72 valence electrons. The average Bonchev–Trinajstić information content (AvgIpc) is 2.16. The van der Waals surface area contributed by atoms with Crippen LogP contribution in [0.1, 0.15) is 12.5 Å². The number of halogens is 2. The molecule has 0 saturated heterocycles. The zero-order valence-corrected chi connectivity index (χ0v) is 9.23. The van der Waals surface area contributed by atoms with Crippen LogP contribution in [0, 0.1) is 0 Å². The van der Waals surface area contributed by atoms with Crippen LogP contribution >= 0.6 is 23.2 Å². The second-order valence-corrected chi connectivity index (χ2v) is 3.92. The zero-order valence-electron chi connectivity index (χ0n) is 7.72. The molecule has 0 atom stereocenters. The fourth-order valence-corrected chi connectivity index (χ4v) is 1.88. The summed E-state index contributed by atoms with van der Waals surface area (Å²) < 4.78 is 0. The molecule has 1 aromatic carbocycles. The third-order valence-corrected chi connectivity index (χ3v) is 2.77. The minimum absolute atomic E-state index is 0.498. The van der Waals surface area contributed by atoms with Crippen molar-refractivity contribution in [2.45, 2.75) is 13.3 Å². The fraction of sp³-hybridized carbons (Fsp3) is 0.182. The van der Waals surface area contributed by atoms with E-state index in [9.17, 15) is 0 Å². The number of aromatic nitrogens is 1. The first-order chi connectivity index (χ1) is 6.70. The summed E-state index contributed by atoms with van der Waals surface area (Å²) in [5, 5.41) is 2.34. The second-order valence-electron chi connectivity index (χ2n) is 3.12. The minimum atomic E-state index is 0.498. The monoisotopic (exact) mass is 225 g/mol. The van der Waals surface area contributed by atoms with E-state index in [0.29, 0.717) is 5.15 Å². The summed E-state index contributed by atoms with van der Waals surface area (Å²) in [5.41, 5.74) is 1.99. The van der Waals surface area contributed by atoms with E-state index in [2.05, 4.69) is 18.0 Å². The molecule has 0 aliphatic carbocycles. The van der Waals surface area contributed by atoms with E-state index in [0.717, 1.165) is 27.9 Å². The van der Waals surface area contributed by atoms with Gasteiger partial charge in [0.15, 0.2) is 0 Å². The Balaban J connectivity index is 2.73. The number of hydrogen-bond donors (Lipinski definition) is 0. The maximum Gasteiger partial charge on any atom is 0.129 e. The Kier molecular flexibility index (Phi) is 2.62. The molecule has 1 aromatic heterocycles. The summed E-state index contributed by atoms with van der Waals surface area (Å²) in [6, 6.07) is 7.67. The van der Waals surface area contributed by atoms with Crippen molar-refractivity contribution in [1.29, 1.82) is 0 Å². The molecule has 0 N–H and O–H groups in total. The van der Waals surface area contributed by atoms with Gasteiger partial charge < -0.3 is 0 Å². The van der Waals surface area contributed by atoms with Gasteiger partial charge in [0, 0.05) is 10.4 Å². The van der Waals surface area contributed by atoms with Crippen LogP contribution in [-0.4, -0.2) is 4.98 Å². The standard InChI is InChI=1S/C11H9Cl2N/c1-2-7-5-8-3-4-11(13)14-10(8)6-9(7)12/h3-6H,2H2,1H3. The number of benzene rings is 1. The van der Waals surface area contributed by atoms with Crippen LogP contribution in [0.25, 0.3) is 10.9 Å². The number of rotatable bonds is 1. The molecule has 0 bridgehead atoms. The predicted molar refractivity (Wildman–Crippen MR) is 61.1 cm³/mol. The lowest BCUT2D eigenvalue weighted by molar-refractivity contribution is 1.14. The van der Waals surface area contributed by atoms with Crippen LogP contribution in [0.3, 0.4) is 0 Å². The van der Waals surface area contributed by atoms with E-state index in [1.165, 1.54) is 0 Å². The highest BCUT2D eigenvalue weighted by Gasteiger charge is 2.02. The first-order valence-electron chi connectivity index (χ1n) is 4.45. The van der Waals surface area contributed by atoms with Crippen molar-refractivity contribution in [2.75, 3.05) is 0 Å². The molecular weight excluding hydrogens is 217 g/mol. The molecule has 0 radical (unpaired) electrons. The van der Waals surface area contributed by atoms with Gasteiger partial charge in [-0.15, -0.1) is 0 Å². The van der Waals surface area contributed by atoms with Gasteiger partial charge in [0.25, 0.3) is 0 Å². The van der Waals surface area contributed by atoms with Gasteiger partial charge in [-0.2, -0.15) is 0 Å². The highest BCUT2D eigenvalue weighted by atomic mass is 35.5. The SMILES string of the molecule is CCc1cc2ccc(Cl)nc2cc1Cl. The molecule has 0 saturated carbocycles. The molecule has 0 spiro atoms. The van der Waals surface area contributed by atoms with Gasteiger partial charge in [0.1, 0.15) is 5.15 Å². The van der Waals surface area contributed by atoms with Crippen LogP contribution in [0.2, 0.25) is 10.2 Å². The third-order valence-electron chi connectivity index (χ3n) is 2.20. The first-order valence-corrected chi connectivity index (χ1v) is 5.21. The van der Waals surface area contributed by atoms with Crippen molar-refractivity contribution in [3.63, 3.8) is 0 Å². The van der Waals surface area contributed by atoms with Crippen LogP contribution in [-0.2, 0) is 6.42 Å². The smallest absolute Gasteiger partial charge is 0.129 e. The largest absolute Gasteiger partial charge is 0.236 e. The number of fused-ring (bicyclic) bond motifs is 1. The van der Waals surface area contributed by atoms with Crippen LogP contribution in [0.5, 0.6) is 0 Å². The zero-order chi connectivity index (χ0) is 10.1. The number of pyridine rings is 1. The molecule has 0 amide bonds. The topological polar surface area (TPSA) is 12.9 Å². The van der Waals surface area contributed by atoms with E-state index in [-0.39, 0.29) is 0 Å². The Labute approximate surface area is 92.7 Å². The first kappa shape index (κ1) is 9.75. The normalized spacial score (nSPS) is 10.8. The van der Waals surface area contributed by atoms with Crippen molar-refractivity contribution in [3.8, 4) is 0 Å². The molecule has 0 aliphatic heterocycles. The Morgan fingerprint density at radius 2 is 2.00 bits per heavy atom. The van der Waals surface area contributed by atoms with Crippen molar-refractivity contribution < 1.29 is 0 Å². The van der Waals surface area contributed by atoms with E-state index < -0.39 is 0 Å². The predicted octanol–water partition coefficient (Wildman–Crippen LogP) is 4.10. The highest BCUT2D eigenvalue weighted by Crippen LogP contribution is 2.24. The molecule has 1 heterocycles. The van der Waals surface area contributed by atoms with Gasteiger partial charge in [0.05, 0.1) is 5.52 Å². The summed E-state index contributed by atoms with van der Waals surface area (Å²) >= 11 is 11.9. The summed E-state index contributed by atoms with van der Waals surface area (Å²) in [7, 11) is 0. The molecule has 14 heavy (non-hydrogen) atoms. The second kappa shape index (κ2) is 3.76. The van der Waals surface area contributed by atoms with Gasteiger partial charge in [-0.05, 0) is 36.2 Å². The van der Waals surface area contributed by atoms with Gasteiger partial charge >= 0.3 is 0 Å². The molecular formula is C11H9Cl2N. The minimum Gasteiger partial charge on any atom is -0.236 e.